The largest absolute Gasteiger partial charge is 0.315 e. The number of nitrogens with one attached hydrogen (secondary N) is 1. The smallest absolute Gasteiger partial charge is 0.0795 e. The van der Waals surface area contributed by atoms with Crippen molar-refractivity contribution >= 4 is 11.3 Å². The van der Waals surface area contributed by atoms with Crippen LogP contribution in [0, 0.1) is 0 Å². The third-order valence-corrected chi connectivity index (χ3v) is 2.94. The van der Waals surface area contributed by atoms with Crippen LogP contribution < -0.4 is 5.32 Å². The molecule has 1 aliphatic heterocycles. The number of hydrogen-bond acceptors (Lipinski definition) is 4. The summed E-state index contributed by atoms with van der Waals surface area (Å²) in [5.74, 6) is 0. The van der Waals surface area contributed by atoms with Crippen molar-refractivity contribution in [1.29, 1.82) is 0 Å². The second-order valence-electron chi connectivity index (χ2n) is 3.36. The lowest BCUT2D eigenvalue weighted by molar-refractivity contribution is 0.281. The first-order valence-corrected chi connectivity index (χ1v) is 5.69. The van der Waals surface area contributed by atoms with Crippen LogP contribution in [-0.2, 0) is 6.54 Å². The minimum Gasteiger partial charge on any atom is -0.315 e. The Balaban J connectivity index is 1.86. The zero-order valence-corrected chi connectivity index (χ0v) is 8.52. The van der Waals surface area contributed by atoms with E-state index in [4.69, 9.17) is 0 Å². The molecule has 2 heterocycles. The summed E-state index contributed by atoms with van der Waals surface area (Å²) < 4.78 is 0. The van der Waals surface area contributed by atoms with Crippen molar-refractivity contribution in [3.05, 3.63) is 16.6 Å². The van der Waals surface area contributed by atoms with Gasteiger partial charge in [-0.15, -0.1) is 11.3 Å². The van der Waals surface area contributed by atoms with Crippen LogP contribution in [0.1, 0.15) is 12.1 Å². The van der Waals surface area contributed by atoms with Gasteiger partial charge in [-0.1, -0.05) is 0 Å². The molecule has 3 nitrogen and oxygen atoms in total. The fraction of sp³-hybridized carbons (Fsp3) is 0.667. The van der Waals surface area contributed by atoms with E-state index >= 15 is 0 Å². The van der Waals surface area contributed by atoms with Crippen LogP contribution in [0.15, 0.2) is 10.9 Å². The van der Waals surface area contributed by atoms with Gasteiger partial charge in [0.05, 0.1) is 11.2 Å². The quantitative estimate of drug-likeness (QED) is 0.765. The van der Waals surface area contributed by atoms with Gasteiger partial charge in [-0.3, -0.25) is 4.90 Å². The lowest BCUT2D eigenvalue weighted by atomic mass is 10.3. The molecule has 1 fully saturated rings. The molecule has 1 aromatic rings. The van der Waals surface area contributed by atoms with Gasteiger partial charge in [-0.05, 0) is 19.5 Å². The zero-order chi connectivity index (χ0) is 8.93. The van der Waals surface area contributed by atoms with Crippen molar-refractivity contribution in [1.82, 2.24) is 15.2 Å². The molecule has 4 heteroatoms. The highest BCUT2D eigenvalue weighted by Gasteiger charge is 2.09. The van der Waals surface area contributed by atoms with Gasteiger partial charge < -0.3 is 5.32 Å². The molecule has 0 atom stereocenters. The Bertz CT molecular complexity index is 227. The van der Waals surface area contributed by atoms with Crippen LogP contribution >= 0.6 is 11.3 Å². The van der Waals surface area contributed by atoms with Crippen LogP contribution in [0.2, 0.25) is 0 Å². The van der Waals surface area contributed by atoms with Crippen molar-refractivity contribution in [3.63, 3.8) is 0 Å². The summed E-state index contributed by atoms with van der Waals surface area (Å²) in [7, 11) is 0. The van der Waals surface area contributed by atoms with Crippen molar-refractivity contribution in [2.45, 2.75) is 13.0 Å². The minimum atomic E-state index is 1.02. The van der Waals surface area contributed by atoms with E-state index < -0.39 is 0 Å². The lowest BCUT2D eigenvalue weighted by Gasteiger charge is -2.17. The average molecular weight is 197 g/mol. The van der Waals surface area contributed by atoms with Crippen molar-refractivity contribution in [2.24, 2.45) is 0 Å². The summed E-state index contributed by atoms with van der Waals surface area (Å²) in [6.45, 7) is 5.64. The van der Waals surface area contributed by atoms with E-state index in [0.29, 0.717) is 0 Å². The predicted octanol–water partition coefficient (Wildman–Crippen LogP) is 0.938. The van der Waals surface area contributed by atoms with Gasteiger partial charge >= 0.3 is 0 Å². The van der Waals surface area contributed by atoms with Gasteiger partial charge in [0.15, 0.2) is 0 Å². The summed E-state index contributed by atoms with van der Waals surface area (Å²) >= 11 is 1.68. The standard InChI is InChI=1S/C9H15N3S/c1-2-10-3-5-12(4-1)6-9-7-13-8-11-9/h7-8,10H,1-6H2. The first-order chi connectivity index (χ1) is 6.45. The number of aromatic nitrogens is 1. The Hall–Kier alpha value is -0.450. The highest BCUT2D eigenvalue weighted by molar-refractivity contribution is 7.07. The van der Waals surface area contributed by atoms with Crippen LogP contribution in [0.25, 0.3) is 0 Å². The topological polar surface area (TPSA) is 28.2 Å². The molecule has 1 saturated heterocycles. The van der Waals surface area contributed by atoms with Crippen LogP contribution in [0.5, 0.6) is 0 Å². The Morgan fingerprint density at radius 1 is 1.46 bits per heavy atom. The van der Waals surface area contributed by atoms with Crippen LogP contribution in [-0.4, -0.2) is 36.1 Å². The fourth-order valence-corrected chi connectivity index (χ4v) is 2.15. The predicted molar refractivity (Wildman–Crippen MR) is 54.9 cm³/mol. The Morgan fingerprint density at radius 3 is 3.31 bits per heavy atom. The SMILES string of the molecule is c1nc(CN2CCCNCC2)cs1. The van der Waals surface area contributed by atoms with Gasteiger partial charge in [-0.2, -0.15) is 0 Å². The minimum absolute atomic E-state index is 1.02. The average Bonchev–Trinajstić information content (AvgIpc) is 2.49. The van der Waals surface area contributed by atoms with Crippen molar-refractivity contribution in [3.8, 4) is 0 Å². The Morgan fingerprint density at radius 2 is 2.46 bits per heavy atom. The maximum atomic E-state index is 4.30. The first-order valence-electron chi connectivity index (χ1n) is 4.75. The second-order valence-corrected chi connectivity index (χ2v) is 4.08. The van der Waals surface area contributed by atoms with Gasteiger partial charge in [0.25, 0.3) is 0 Å². The molecular weight excluding hydrogens is 182 g/mol. The number of nitrogens with zero attached hydrogens (tertiary/aromatic N) is 2. The molecule has 13 heavy (non-hydrogen) atoms. The van der Waals surface area contributed by atoms with E-state index in [1.807, 2.05) is 5.51 Å². The van der Waals surface area contributed by atoms with E-state index in [1.54, 1.807) is 11.3 Å². The van der Waals surface area contributed by atoms with E-state index in [-0.39, 0.29) is 0 Å². The summed E-state index contributed by atoms with van der Waals surface area (Å²) in [6, 6.07) is 0. The maximum absolute atomic E-state index is 4.30. The van der Waals surface area contributed by atoms with Crippen LogP contribution in [0.3, 0.4) is 0 Å². The molecule has 0 aromatic carbocycles. The molecule has 1 aliphatic rings. The van der Waals surface area contributed by atoms with Gasteiger partial charge in [0, 0.05) is 25.0 Å². The summed E-state index contributed by atoms with van der Waals surface area (Å²) in [5.41, 5.74) is 3.12. The molecule has 72 valence electrons. The van der Waals surface area contributed by atoms with Crippen molar-refractivity contribution < 1.29 is 0 Å². The maximum Gasteiger partial charge on any atom is 0.0795 e. The molecule has 0 spiro atoms. The molecular formula is C9H15N3S. The number of thiazole rings is 1. The molecule has 2 rings (SSSR count). The van der Waals surface area contributed by atoms with E-state index in [1.165, 1.54) is 18.7 Å². The van der Waals surface area contributed by atoms with E-state index in [0.717, 1.165) is 26.2 Å². The lowest BCUT2D eigenvalue weighted by Crippen LogP contribution is -2.27. The molecule has 0 bridgehead atoms. The molecule has 0 amide bonds. The molecule has 0 saturated carbocycles. The summed E-state index contributed by atoms with van der Waals surface area (Å²) in [6.07, 6.45) is 1.25. The molecule has 0 aliphatic carbocycles. The Kier molecular flexibility index (Phi) is 3.29. The van der Waals surface area contributed by atoms with Gasteiger partial charge in [-0.25, -0.2) is 4.98 Å². The van der Waals surface area contributed by atoms with Crippen molar-refractivity contribution in [2.75, 3.05) is 26.2 Å². The first kappa shape index (κ1) is 9.12. The summed E-state index contributed by atoms with van der Waals surface area (Å²) in [5, 5.41) is 5.53. The molecule has 0 unspecified atom stereocenters. The number of rotatable bonds is 2. The molecule has 1 N–H and O–H groups in total. The monoisotopic (exact) mass is 197 g/mol. The van der Waals surface area contributed by atoms with E-state index in [2.05, 4.69) is 20.6 Å². The molecule has 1 aromatic heterocycles. The Labute approximate surface area is 82.8 Å². The van der Waals surface area contributed by atoms with Gasteiger partial charge in [0.1, 0.15) is 0 Å². The van der Waals surface area contributed by atoms with E-state index in [9.17, 15) is 0 Å². The fourth-order valence-electron chi connectivity index (χ4n) is 1.60. The molecule has 0 radical (unpaired) electrons. The normalized spacial score (nSPS) is 20.0. The third-order valence-electron chi connectivity index (χ3n) is 2.30. The third kappa shape index (κ3) is 2.76. The summed E-state index contributed by atoms with van der Waals surface area (Å²) in [4.78, 5) is 6.76. The highest BCUT2D eigenvalue weighted by atomic mass is 32.1. The number of hydrogen-bond donors (Lipinski definition) is 1. The zero-order valence-electron chi connectivity index (χ0n) is 7.70. The highest BCUT2D eigenvalue weighted by Crippen LogP contribution is 2.06. The van der Waals surface area contributed by atoms with Crippen LogP contribution in [0.4, 0.5) is 0 Å². The van der Waals surface area contributed by atoms with Gasteiger partial charge in [0.2, 0.25) is 0 Å². The second kappa shape index (κ2) is 4.69.